The molecule has 0 aliphatic carbocycles. The minimum atomic E-state index is -4.20. The number of rotatable bonds is 0. The Balaban J connectivity index is -0.0000000962. The molecule has 20 nitrogen and oxygen atoms in total. The molecule has 0 unspecified atom stereocenters. The van der Waals surface area contributed by atoms with Crippen LogP contribution in [0.25, 0.3) is 0 Å². The average molecular weight is 1460 g/mol. The summed E-state index contributed by atoms with van der Waals surface area (Å²) in [6.07, 6.45) is 30.0. The molecule has 8 N–H and O–H groups in total. The van der Waals surface area contributed by atoms with Crippen molar-refractivity contribution in [3.63, 3.8) is 0 Å². The fourth-order valence-corrected chi connectivity index (χ4v) is 2.74. The predicted molar refractivity (Wildman–Crippen MR) is 212 cm³/mol. The van der Waals surface area contributed by atoms with E-state index in [1.54, 1.807) is 0 Å². The number of hydrogen-bond donors (Lipinski definition) is 0. The van der Waals surface area contributed by atoms with Gasteiger partial charge >= 0.3 is 120 Å². The molecule has 8 rings (SSSR count). The largest absolute Gasteiger partial charge is 0.218 e. The number of nitrogens with one attached hydrogen (secondary N) is 8. The van der Waals surface area contributed by atoms with Crippen LogP contribution in [0.2, 0.25) is 0 Å². The first kappa shape index (κ1) is 80.9. The van der Waals surface area contributed by atoms with Crippen LogP contribution in [0.5, 0.6) is 0 Å². The topological polar surface area (TPSA) is 342 Å². The maximum atomic E-state index is 8.60. The van der Waals surface area contributed by atoms with Gasteiger partial charge in [-0.2, -0.15) is 0 Å². The van der Waals surface area contributed by atoms with Crippen LogP contribution in [0.4, 0.5) is 0 Å². The summed E-state index contributed by atoms with van der Waals surface area (Å²) >= 11 is -16.8. The molecule has 0 saturated carbocycles. The summed E-state index contributed by atoms with van der Waals surface area (Å²) in [7, 11) is 0. The zero-order chi connectivity index (χ0) is 48.3. The fraction of sp³-hybridized carbons (Fsp3) is 0. The van der Waals surface area contributed by atoms with Crippen molar-refractivity contribution >= 4 is 82.4 Å². The normalized spacial score (nSPS) is 7.12. The van der Waals surface area contributed by atoms with Crippen LogP contribution < -0.4 is 103 Å². The third-order valence-electron chi connectivity index (χ3n) is 4.86. The predicted octanol–water partition coefficient (Wildman–Crippen LogP) is -15.2. The summed E-state index contributed by atoms with van der Waals surface area (Å²) in [6, 6.07) is 46.9. The third kappa shape index (κ3) is 119. The van der Waals surface area contributed by atoms with Crippen LogP contribution in [-0.4, -0.2) is 82.4 Å². The molecule has 68 heavy (non-hydrogen) atoms. The van der Waals surface area contributed by atoms with Gasteiger partial charge in [0.25, 0.3) is 0 Å². The van der Waals surface area contributed by atoms with E-state index >= 15 is 0 Å². The molecule has 0 amide bonds. The van der Waals surface area contributed by atoms with Gasteiger partial charge in [0.15, 0.2) is 99.1 Å². The quantitative estimate of drug-likeness (QED) is 0.128. The van der Waals surface area contributed by atoms with E-state index in [0.29, 0.717) is 0 Å². The molecule has 0 aliphatic heterocycles. The fourth-order valence-electron chi connectivity index (χ4n) is 2.74. The van der Waals surface area contributed by atoms with Crippen LogP contribution in [0.1, 0.15) is 0 Å². The molecule has 8 heterocycles. The van der Waals surface area contributed by atoms with Crippen molar-refractivity contribution < 1.29 is 127 Å². The number of aromatic amines is 8. The zero-order valence-corrected chi connectivity index (χ0v) is 48.5. The molecule has 368 valence electrons. The molecular weight excluding hydrogens is 1410 g/mol. The summed E-state index contributed by atoms with van der Waals surface area (Å²) < 4.78 is 103. The monoisotopic (exact) mass is 1460 g/mol. The van der Waals surface area contributed by atoms with Crippen molar-refractivity contribution in [3.8, 4) is 0 Å². The Bertz CT molecular complexity index is 1610. The molecule has 0 fully saturated rings. The van der Waals surface area contributed by atoms with E-state index in [4.69, 9.17) is 37.7 Å². The Kier molecular flexibility index (Phi) is 91.7. The smallest absolute Gasteiger partial charge is 0.166 e. The van der Waals surface area contributed by atoms with Crippen molar-refractivity contribution in [3.05, 3.63) is 245 Å². The molecule has 8 aromatic heterocycles. The molecule has 8 aromatic rings. The summed E-state index contributed by atoms with van der Waals surface area (Å²) in [5.74, 6) is 0. The van der Waals surface area contributed by atoms with E-state index in [0.717, 1.165) is 0 Å². The molecule has 0 spiro atoms. The summed E-state index contributed by atoms with van der Waals surface area (Å²) in [5, 5.41) is 0. The SMILES string of the molecule is [Cl-].[Cl-].[Cl-].[Cl-].[O]=[Sb](=[O])[O-].[O]=[Sb](=[O])[O-].[O]=[Sb](=[O])[O-].[O]=[Sb](=[O])[O-].c1cc[nH+]cc1.c1cc[nH+]cc1.c1cc[nH+]cc1.c1cc[nH+]cc1.c1cc[nH+]cc1.c1cc[nH+]cc1.c1cc[nH+]cc1.c1cc[nH+]cc1. The molecule has 0 aromatic carbocycles. The summed E-state index contributed by atoms with van der Waals surface area (Å²) in [4.78, 5) is 23.1. The molecule has 0 radical (unpaired) electrons. The Hall–Kier alpha value is -4.13. The zero-order valence-electron chi connectivity index (χ0n) is 35.3. The van der Waals surface area contributed by atoms with Gasteiger partial charge < -0.3 is 49.6 Å². The summed E-state index contributed by atoms with van der Waals surface area (Å²) in [5.41, 5.74) is 0. The minimum Gasteiger partial charge on any atom is -0.218 e. The maximum absolute atomic E-state index is 8.60. The maximum Gasteiger partial charge on any atom is 0.166 e. The van der Waals surface area contributed by atoms with Crippen molar-refractivity contribution in [1.29, 1.82) is 0 Å². The van der Waals surface area contributed by atoms with Crippen molar-refractivity contribution in [2.45, 2.75) is 0 Å². The Morgan fingerprint density at radius 2 is 0.235 bits per heavy atom. The second-order valence-electron chi connectivity index (χ2n) is 9.51. The molecular formula is C40H48Cl4N8O12Sb4. The van der Waals surface area contributed by atoms with Crippen LogP contribution in [0.3, 0.4) is 0 Å². The van der Waals surface area contributed by atoms with Crippen molar-refractivity contribution in [2.24, 2.45) is 0 Å². The van der Waals surface area contributed by atoms with Crippen molar-refractivity contribution in [1.82, 2.24) is 0 Å². The van der Waals surface area contributed by atoms with Crippen LogP contribution >= 0.6 is 0 Å². The van der Waals surface area contributed by atoms with Gasteiger partial charge in [-0.25, -0.2) is 39.9 Å². The van der Waals surface area contributed by atoms with Gasteiger partial charge in [0.2, 0.25) is 0 Å². The third-order valence-corrected chi connectivity index (χ3v) is 4.86. The minimum absolute atomic E-state index is 0. The van der Waals surface area contributed by atoms with E-state index in [1.807, 2.05) is 245 Å². The van der Waals surface area contributed by atoms with Crippen molar-refractivity contribution in [2.75, 3.05) is 0 Å². The van der Waals surface area contributed by atoms with E-state index in [9.17, 15) is 0 Å². The Morgan fingerprint density at radius 1 is 0.176 bits per heavy atom. The second-order valence-corrected chi connectivity index (χ2v) is 14.6. The van der Waals surface area contributed by atoms with Crippen LogP contribution in [0.15, 0.2) is 245 Å². The van der Waals surface area contributed by atoms with E-state index in [1.165, 1.54) is 0 Å². The van der Waals surface area contributed by atoms with Crippen LogP contribution in [0, 0.1) is 0 Å². The van der Waals surface area contributed by atoms with Gasteiger partial charge in [-0.15, -0.1) is 0 Å². The number of hydrogen-bond acceptors (Lipinski definition) is 12. The van der Waals surface area contributed by atoms with Gasteiger partial charge in [0, 0.05) is 97.1 Å². The van der Waals surface area contributed by atoms with E-state index in [-0.39, 0.29) is 49.6 Å². The van der Waals surface area contributed by atoms with Gasteiger partial charge in [-0.1, -0.05) is 48.5 Å². The molecule has 0 aliphatic rings. The van der Waals surface area contributed by atoms with E-state index in [2.05, 4.69) is 39.9 Å². The first-order chi connectivity index (χ1) is 30.9. The Morgan fingerprint density at radius 3 is 0.250 bits per heavy atom. The number of pyridine rings is 8. The van der Waals surface area contributed by atoms with Gasteiger partial charge in [-0.05, 0) is 0 Å². The number of aromatic nitrogens is 8. The number of halogens is 4. The van der Waals surface area contributed by atoms with E-state index < -0.39 is 82.4 Å². The number of H-pyrrole nitrogens is 8. The Labute approximate surface area is 449 Å². The van der Waals surface area contributed by atoms with Gasteiger partial charge in [-0.3, -0.25) is 0 Å². The molecule has 0 bridgehead atoms. The second kappa shape index (κ2) is 77.1. The summed E-state index contributed by atoms with van der Waals surface area (Å²) in [6.45, 7) is 0. The standard InChI is InChI=1S/8C5H5N.4ClH.12O.4Sb/c8*1-2-4-6-5-3-1;;;;;;;;;;;;;;;;;;;;/h8*1-5H;4*1H;;;;;;;;;;;;;;;;/q;;;;;;;;;;;;;;;;;;;;4*-1;;;;/p+4. The van der Waals surface area contributed by atoms with Gasteiger partial charge in [0.05, 0.1) is 0 Å². The van der Waals surface area contributed by atoms with Crippen LogP contribution in [-0.2, 0) is 24.1 Å². The first-order valence-corrected chi connectivity index (χ1v) is 30.0. The average Bonchev–Trinajstić information content (AvgIpc) is 3.34. The first-order valence-electron chi connectivity index (χ1n) is 17.5. The molecule has 0 atom stereocenters. The molecule has 28 heteroatoms. The molecule has 0 saturated heterocycles. The van der Waals surface area contributed by atoms with Gasteiger partial charge in [0.1, 0.15) is 0 Å².